The Kier molecular flexibility index (Phi) is 4.75. The highest BCUT2D eigenvalue weighted by atomic mass is 15.5. The van der Waals surface area contributed by atoms with E-state index in [-0.39, 0.29) is 18.2 Å². The maximum Gasteiger partial charge on any atom is 0.207 e. The largest absolute Gasteiger partial charge is 0.338 e. The second kappa shape index (κ2) is 7.71. The van der Waals surface area contributed by atoms with Crippen molar-refractivity contribution in [3.8, 4) is 0 Å². The van der Waals surface area contributed by atoms with Gasteiger partial charge in [0.1, 0.15) is 6.17 Å². The van der Waals surface area contributed by atoms with Crippen molar-refractivity contribution in [2.75, 3.05) is 9.80 Å². The Morgan fingerprint density at radius 1 is 0.700 bits per heavy atom. The summed E-state index contributed by atoms with van der Waals surface area (Å²) >= 11 is 0. The molecule has 0 spiro atoms. The van der Waals surface area contributed by atoms with Gasteiger partial charge in [-0.05, 0) is 30.2 Å². The Labute approximate surface area is 178 Å². The lowest BCUT2D eigenvalue weighted by molar-refractivity contribution is 0.618. The molecule has 2 heterocycles. The number of aryl methyl sites for hydroxylation is 1. The molecule has 1 aliphatic heterocycles. The van der Waals surface area contributed by atoms with Gasteiger partial charge in [0, 0.05) is 25.1 Å². The fourth-order valence-corrected chi connectivity index (χ4v) is 4.73. The van der Waals surface area contributed by atoms with Gasteiger partial charge < -0.3 is 14.4 Å². The topological polar surface area (TPSA) is 24.3 Å². The van der Waals surface area contributed by atoms with Gasteiger partial charge in [0.25, 0.3) is 0 Å². The van der Waals surface area contributed by atoms with E-state index in [1.807, 2.05) is 12.4 Å². The molecule has 0 bridgehead atoms. The number of aromatic nitrogens is 2. The zero-order chi connectivity index (χ0) is 20.5. The molecule has 0 N–H and O–H groups in total. The molecular weight excluding hydrogens is 368 g/mol. The minimum atomic E-state index is 0.0370. The number of hydrogen-bond donors (Lipinski definition) is 0. The van der Waals surface area contributed by atoms with Crippen molar-refractivity contribution in [2.24, 2.45) is 7.05 Å². The first-order valence-corrected chi connectivity index (χ1v) is 10.4. The summed E-state index contributed by atoms with van der Waals surface area (Å²) in [6, 6.07) is 32.7. The van der Waals surface area contributed by atoms with Crippen LogP contribution < -0.4 is 9.80 Å². The number of benzene rings is 3. The van der Waals surface area contributed by atoms with E-state index in [9.17, 15) is 0 Å². The molecule has 1 saturated heterocycles. The lowest BCUT2D eigenvalue weighted by Gasteiger charge is -2.34. The quantitative estimate of drug-likeness (QED) is 0.452. The Bertz CT molecular complexity index is 1090. The van der Waals surface area contributed by atoms with Crippen molar-refractivity contribution >= 4 is 11.6 Å². The Balaban J connectivity index is 1.74. The van der Waals surface area contributed by atoms with Crippen molar-refractivity contribution < 1.29 is 0 Å². The van der Waals surface area contributed by atoms with Crippen LogP contribution in [-0.4, -0.2) is 15.6 Å². The zero-order valence-electron chi connectivity index (χ0n) is 17.3. The number of hydrogen-bond acceptors (Lipinski definition) is 3. The van der Waals surface area contributed by atoms with Crippen molar-refractivity contribution in [2.45, 2.75) is 25.2 Å². The molecule has 4 aromatic rings. The van der Waals surface area contributed by atoms with Gasteiger partial charge in [0.15, 0.2) is 0 Å². The normalized spacial score (nSPS) is 21.2. The molecule has 30 heavy (non-hydrogen) atoms. The van der Waals surface area contributed by atoms with Crippen LogP contribution in [0.2, 0.25) is 0 Å². The fourth-order valence-electron chi connectivity index (χ4n) is 4.73. The summed E-state index contributed by atoms with van der Waals surface area (Å²) in [6.07, 6.45) is 3.94. The van der Waals surface area contributed by atoms with Crippen LogP contribution >= 0.6 is 0 Å². The molecule has 1 fully saturated rings. The van der Waals surface area contributed by atoms with Gasteiger partial charge >= 0.3 is 0 Å². The monoisotopic (exact) mass is 394 g/mol. The van der Waals surface area contributed by atoms with Crippen LogP contribution in [0, 0.1) is 0 Å². The summed E-state index contributed by atoms with van der Waals surface area (Å²) in [5, 5.41) is 0. The molecule has 1 aromatic heterocycles. The van der Waals surface area contributed by atoms with E-state index < -0.39 is 0 Å². The molecule has 3 aromatic carbocycles. The van der Waals surface area contributed by atoms with Gasteiger partial charge in [-0.2, -0.15) is 0 Å². The minimum Gasteiger partial charge on any atom is -0.338 e. The number of para-hydroxylation sites is 1. The number of nitrogens with zero attached hydrogens (tertiary/aromatic N) is 4. The van der Waals surface area contributed by atoms with E-state index >= 15 is 0 Å². The predicted molar refractivity (Wildman–Crippen MR) is 122 cm³/mol. The molecule has 4 nitrogen and oxygen atoms in total. The first-order valence-electron chi connectivity index (χ1n) is 10.4. The van der Waals surface area contributed by atoms with E-state index in [4.69, 9.17) is 4.98 Å². The van der Waals surface area contributed by atoms with Crippen LogP contribution in [0.1, 0.15) is 30.3 Å². The summed E-state index contributed by atoms with van der Waals surface area (Å²) in [7, 11) is 2.07. The van der Waals surface area contributed by atoms with E-state index in [1.165, 1.54) is 16.8 Å². The van der Waals surface area contributed by atoms with E-state index in [0.29, 0.717) is 0 Å². The van der Waals surface area contributed by atoms with Gasteiger partial charge in [0.05, 0.1) is 12.1 Å². The lowest BCUT2D eigenvalue weighted by atomic mass is 9.99. The van der Waals surface area contributed by atoms with Crippen molar-refractivity contribution in [3.63, 3.8) is 0 Å². The van der Waals surface area contributed by atoms with Crippen LogP contribution in [0.3, 0.4) is 0 Å². The molecule has 0 amide bonds. The van der Waals surface area contributed by atoms with Crippen molar-refractivity contribution in [1.82, 2.24) is 9.55 Å². The molecule has 0 radical (unpaired) electrons. The number of imidazole rings is 1. The molecule has 5 rings (SSSR count). The van der Waals surface area contributed by atoms with Crippen LogP contribution in [0.4, 0.5) is 11.6 Å². The summed E-state index contributed by atoms with van der Waals surface area (Å²) in [5.74, 6) is 0.982. The minimum absolute atomic E-state index is 0.0370. The molecular formula is C26H26N4. The molecule has 1 aliphatic rings. The number of rotatable bonds is 4. The van der Waals surface area contributed by atoms with Gasteiger partial charge in [-0.3, -0.25) is 0 Å². The second-order valence-electron chi connectivity index (χ2n) is 7.87. The fraction of sp³-hybridized carbons (Fsp3) is 0.192. The highest BCUT2D eigenvalue weighted by Gasteiger charge is 2.47. The van der Waals surface area contributed by atoms with Crippen molar-refractivity contribution in [3.05, 3.63) is 115 Å². The molecule has 150 valence electrons. The molecule has 2 unspecified atom stereocenters. The highest BCUT2D eigenvalue weighted by molar-refractivity contribution is 5.60. The third kappa shape index (κ3) is 3.05. The lowest BCUT2D eigenvalue weighted by Crippen LogP contribution is -2.34. The standard InChI is InChI=1S/C26H26N4/c1-20-24(21-12-6-3-7-13-21)30(23-16-10-5-11-17-23)25(22-14-8-4-9-15-22)29(20)26-27-18-19-28(26)2/h3-20,24-25H,1-2H3/t20-,24?,25?/m0/s1. The average molecular weight is 395 g/mol. The maximum atomic E-state index is 4.74. The van der Waals surface area contributed by atoms with Gasteiger partial charge in [-0.1, -0.05) is 78.9 Å². The van der Waals surface area contributed by atoms with Gasteiger partial charge in [-0.15, -0.1) is 0 Å². The summed E-state index contributed by atoms with van der Waals surface area (Å²) in [6.45, 7) is 2.31. The summed E-state index contributed by atoms with van der Waals surface area (Å²) < 4.78 is 2.11. The zero-order valence-corrected chi connectivity index (χ0v) is 17.3. The van der Waals surface area contributed by atoms with Gasteiger partial charge in [0.2, 0.25) is 5.95 Å². The van der Waals surface area contributed by atoms with E-state index in [1.54, 1.807) is 0 Å². The SMILES string of the molecule is C[C@H]1C(c2ccccc2)N(c2ccccc2)C(c2ccccc2)N1c1nccn1C. The van der Waals surface area contributed by atoms with E-state index in [2.05, 4.69) is 119 Å². The number of anilines is 2. The van der Waals surface area contributed by atoms with Crippen LogP contribution in [0.5, 0.6) is 0 Å². The Morgan fingerprint density at radius 3 is 1.83 bits per heavy atom. The smallest absolute Gasteiger partial charge is 0.207 e. The van der Waals surface area contributed by atoms with Crippen LogP contribution in [0.25, 0.3) is 0 Å². The molecule has 0 saturated carbocycles. The van der Waals surface area contributed by atoms with Crippen LogP contribution in [0.15, 0.2) is 103 Å². The first kappa shape index (κ1) is 18.5. The predicted octanol–water partition coefficient (Wildman–Crippen LogP) is 5.58. The third-order valence-electron chi connectivity index (χ3n) is 6.04. The van der Waals surface area contributed by atoms with E-state index in [0.717, 1.165) is 5.95 Å². The van der Waals surface area contributed by atoms with Crippen LogP contribution in [-0.2, 0) is 7.05 Å². The summed E-state index contributed by atoms with van der Waals surface area (Å²) in [5.41, 5.74) is 3.78. The van der Waals surface area contributed by atoms with Crippen molar-refractivity contribution in [1.29, 1.82) is 0 Å². The summed E-state index contributed by atoms with van der Waals surface area (Å²) in [4.78, 5) is 9.75. The first-order chi connectivity index (χ1) is 14.8. The third-order valence-corrected chi connectivity index (χ3v) is 6.04. The highest BCUT2D eigenvalue weighted by Crippen LogP contribution is 2.49. The Morgan fingerprint density at radius 2 is 1.27 bits per heavy atom. The molecule has 4 heteroatoms. The maximum absolute atomic E-state index is 4.74. The average Bonchev–Trinajstić information content (AvgIpc) is 3.35. The molecule has 3 atom stereocenters. The molecule has 0 aliphatic carbocycles. The van der Waals surface area contributed by atoms with Gasteiger partial charge in [-0.25, -0.2) is 4.98 Å². The second-order valence-corrected chi connectivity index (χ2v) is 7.87. The Hall–Kier alpha value is -3.53.